The summed E-state index contributed by atoms with van der Waals surface area (Å²) in [4.78, 5) is 14.3. The van der Waals surface area contributed by atoms with E-state index in [2.05, 4.69) is 27.9 Å². The summed E-state index contributed by atoms with van der Waals surface area (Å²) < 4.78 is 1.03. The van der Waals surface area contributed by atoms with Gasteiger partial charge in [-0.1, -0.05) is 40.2 Å². The molecule has 96 valence electrons. The lowest BCUT2D eigenvalue weighted by Crippen LogP contribution is -2.33. The number of hydrogen-bond acceptors (Lipinski definition) is 2. The minimum Gasteiger partial charge on any atom is -0.306 e. The van der Waals surface area contributed by atoms with Crippen LogP contribution in [0, 0.1) is 5.92 Å². The van der Waals surface area contributed by atoms with Gasteiger partial charge >= 0.3 is 0 Å². The maximum Gasteiger partial charge on any atom is 0.158 e. The molecule has 0 unspecified atom stereocenters. The molecular formula is C15H18BrNO. The number of ketones is 1. The van der Waals surface area contributed by atoms with E-state index in [9.17, 15) is 4.79 Å². The van der Waals surface area contributed by atoms with Crippen LogP contribution >= 0.6 is 15.9 Å². The molecule has 0 N–H and O–H groups in total. The van der Waals surface area contributed by atoms with Gasteiger partial charge in [-0.05, 0) is 50.7 Å². The SMILES string of the molecule is CN1CCC(C(=O)/C=C/c2ccccc2Br)CC1. The molecule has 1 aliphatic rings. The molecule has 0 radical (unpaired) electrons. The number of likely N-dealkylation sites (tertiary alicyclic amines) is 1. The predicted molar refractivity (Wildman–Crippen MR) is 78.4 cm³/mol. The van der Waals surface area contributed by atoms with E-state index in [0.717, 1.165) is 36.0 Å². The molecule has 0 atom stereocenters. The Morgan fingerprint density at radius 3 is 2.67 bits per heavy atom. The van der Waals surface area contributed by atoms with Gasteiger partial charge in [0.25, 0.3) is 0 Å². The van der Waals surface area contributed by atoms with Gasteiger partial charge in [0, 0.05) is 10.4 Å². The summed E-state index contributed by atoms with van der Waals surface area (Å²) in [6.07, 6.45) is 5.60. The van der Waals surface area contributed by atoms with E-state index >= 15 is 0 Å². The molecule has 1 fully saturated rings. The van der Waals surface area contributed by atoms with Gasteiger partial charge in [0.2, 0.25) is 0 Å². The van der Waals surface area contributed by atoms with Crippen molar-refractivity contribution in [3.63, 3.8) is 0 Å². The Labute approximate surface area is 117 Å². The third-order valence-electron chi connectivity index (χ3n) is 3.45. The molecule has 1 saturated heterocycles. The fourth-order valence-electron chi connectivity index (χ4n) is 2.21. The van der Waals surface area contributed by atoms with E-state index in [-0.39, 0.29) is 11.7 Å². The van der Waals surface area contributed by atoms with Crippen LogP contribution in [0.2, 0.25) is 0 Å². The van der Waals surface area contributed by atoms with Crippen molar-refractivity contribution in [2.75, 3.05) is 20.1 Å². The van der Waals surface area contributed by atoms with Crippen LogP contribution < -0.4 is 0 Å². The van der Waals surface area contributed by atoms with Crippen molar-refractivity contribution in [2.24, 2.45) is 5.92 Å². The summed E-state index contributed by atoms with van der Waals surface area (Å²) in [5.41, 5.74) is 1.05. The highest BCUT2D eigenvalue weighted by atomic mass is 79.9. The van der Waals surface area contributed by atoms with Gasteiger partial charge in [0.1, 0.15) is 0 Å². The van der Waals surface area contributed by atoms with Crippen molar-refractivity contribution in [3.05, 3.63) is 40.4 Å². The second-order valence-corrected chi connectivity index (χ2v) is 5.69. The smallest absolute Gasteiger partial charge is 0.158 e. The fraction of sp³-hybridized carbons (Fsp3) is 0.400. The standard InChI is InChI=1S/C15H18BrNO/c1-17-10-8-13(9-11-17)15(18)7-6-12-4-2-3-5-14(12)16/h2-7,13H,8-11H2,1H3/b7-6+. The quantitative estimate of drug-likeness (QED) is 0.798. The molecule has 3 heteroatoms. The van der Waals surface area contributed by atoms with Crippen LogP contribution in [0.1, 0.15) is 18.4 Å². The van der Waals surface area contributed by atoms with Crippen LogP contribution in [-0.2, 0) is 4.79 Å². The monoisotopic (exact) mass is 307 g/mol. The maximum atomic E-state index is 12.1. The molecule has 2 rings (SSSR count). The van der Waals surface area contributed by atoms with E-state index in [0.29, 0.717) is 0 Å². The first-order valence-corrected chi connectivity index (χ1v) is 7.11. The molecule has 18 heavy (non-hydrogen) atoms. The van der Waals surface area contributed by atoms with Crippen molar-refractivity contribution in [2.45, 2.75) is 12.8 Å². The molecule has 2 nitrogen and oxygen atoms in total. The Hall–Kier alpha value is -0.930. The number of hydrogen-bond donors (Lipinski definition) is 0. The average molecular weight is 308 g/mol. The molecule has 1 aliphatic heterocycles. The van der Waals surface area contributed by atoms with Crippen molar-refractivity contribution < 1.29 is 4.79 Å². The Morgan fingerprint density at radius 1 is 1.33 bits per heavy atom. The number of rotatable bonds is 3. The predicted octanol–water partition coefficient (Wildman–Crippen LogP) is 3.37. The van der Waals surface area contributed by atoms with Gasteiger partial charge in [-0.15, -0.1) is 0 Å². The minimum atomic E-state index is 0.208. The molecule has 0 saturated carbocycles. The zero-order valence-electron chi connectivity index (χ0n) is 10.6. The van der Waals surface area contributed by atoms with Crippen LogP contribution in [0.3, 0.4) is 0 Å². The van der Waals surface area contributed by atoms with E-state index in [1.54, 1.807) is 6.08 Å². The fourth-order valence-corrected chi connectivity index (χ4v) is 2.63. The lowest BCUT2D eigenvalue weighted by atomic mass is 9.92. The molecule has 0 spiro atoms. The normalized spacial score (nSPS) is 18.3. The summed E-state index contributed by atoms with van der Waals surface area (Å²) in [5.74, 6) is 0.471. The van der Waals surface area contributed by atoms with Crippen molar-refractivity contribution >= 4 is 27.8 Å². The third-order valence-corrected chi connectivity index (χ3v) is 4.18. The van der Waals surface area contributed by atoms with Crippen LogP contribution in [-0.4, -0.2) is 30.8 Å². The average Bonchev–Trinajstić information content (AvgIpc) is 2.38. The lowest BCUT2D eigenvalue weighted by Gasteiger charge is -2.27. The number of carbonyl (C=O) groups excluding carboxylic acids is 1. The van der Waals surface area contributed by atoms with Gasteiger partial charge in [0.15, 0.2) is 5.78 Å². The highest BCUT2D eigenvalue weighted by molar-refractivity contribution is 9.10. The van der Waals surface area contributed by atoms with Crippen LogP contribution in [0.4, 0.5) is 0 Å². The van der Waals surface area contributed by atoms with Gasteiger partial charge in [-0.3, -0.25) is 4.79 Å². The van der Waals surface area contributed by atoms with Crippen LogP contribution in [0.25, 0.3) is 6.08 Å². The van der Waals surface area contributed by atoms with Gasteiger partial charge in [-0.2, -0.15) is 0 Å². The van der Waals surface area contributed by atoms with Crippen LogP contribution in [0.15, 0.2) is 34.8 Å². The van der Waals surface area contributed by atoms with E-state index in [4.69, 9.17) is 0 Å². The highest BCUT2D eigenvalue weighted by Crippen LogP contribution is 2.20. The Balaban J connectivity index is 1.97. The zero-order chi connectivity index (χ0) is 13.0. The summed E-state index contributed by atoms with van der Waals surface area (Å²) in [6.45, 7) is 2.05. The lowest BCUT2D eigenvalue weighted by molar-refractivity contribution is -0.119. The summed E-state index contributed by atoms with van der Waals surface area (Å²) in [7, 11) is 2.11. The van der Waals surface area contributed by atoms with Crippen molar-refractivity contribution in [1.82, 2.24) is 4.90 Å². The molecule has 0 aliphatic carbocycles. The second kappa shape index (κ2) is 6.30. The zero-order valence-corrected chi connectivity index (χ0v) is 12.2. The minimum absolute atomic E-state index is 0.208. The van der Waals surface area contributed by atoms with Gasteiger partial charge in [0.05, 0.1) is 0 Å². The molecule has 1 aromatic rings. The summed E-state index contributed by atoms with van der Waals surface area (Å²) in [6, 6.07) is 7.94. The maximum absolute atomic E-state index is 12.1. The first-order valence-electron chi connectivity index (χ1n) is 6.32. The number of allylic oxidation sites excluding steroid dienone is 1. The third kappa shape index (κ3) is 3.53. The van der Waals surface area contributed by atoms with E-state index in [1.807, 2.05) is 30.3 Å². The molecule has 0 amide bonds. The largest absolute Gasteiger partial charge is 0.306 e. The Morgan fingerprint density at radius 2 is 2.00 bits per heavy atom. The number of nitrogens with zero attached hydrogens (tertiary/aromatic N) is 1. The number of piperidine rings is 1. The van der Waals surface area contributed by atoms with Gasteiger partial charge < -0.3 is 4.90 Å². The topological polar surface area (TPSA) is 20.3 Å². The molecule has 1 heterocycles. The van der Waals surface area contributed by atoms with Crippen molar-refractivity contribution in [3.8, 4) is 0 Å². The first-order chi connectivity index (χ1) is 8.66. The molecule has 0 aromatic heterocycles. The molecular weight excluding hydrogens is 290 g/mol. The molecule has 1 aromatic carbocycles. The second-order valence-electron chi connectivity index (χ2n) is 4.83. The Bertz CT molecular complexity index is 448. The van der Waals surface area contributed by atoms with Crippen LogP contribution in [0.5, 0.6) is 0 Å². The van der Waals surface area contributed by atoms with Gasteiger partial charge in [-0.25, -0.2) is 0 Å². The highest BCUT2D eigenvalue weighted by Gasteiger charge is 2.21. The first kappa shape index (κ1) is 13.5. The van der Waals surface area contributed by atoms with Crippen molar-refractivity contribution in [1.29, 1.82) is 0 Å². The number of carbonyl (C=O) groups is 1. The number of benzene rings is 1. The molecule has 0 bridgehead atoms. The summed E-state index contributed by atoms with van der Waals surface area (Å²) >= 11 is 3.48. The van der Waals surface area contributed by atoms with E-state index in [1.165, 1.54) is 0 Å². The number of halogens is 1. The van der Waals surface area contributed by atoms with E-state index < -0.39 is 0 Å². The Kier molecular flexibility index (Phi) is 4.72. The summed E-state index contributed by atoms with van der Waals surface area (Å²) in [5, 5.41) is 0.